The number of aromatic carboxylic acids is 1. The van der Waals surface area contributed by atoms with Crippen molar-refractivity contribution in [1.82, 2.24) is 14.9 Å². The molecule has 0 atom stereocenters. The van der Waals surface area contributed by atoms with Crippen molar-refractivity contribution < 1.29 is 14.7 Å². The first-order valence-electron chi connectivity index (χ1n) is 5.88. The Morgan fingerprint density at radius 2 is 2.05 bits per heavy atom. The maximum atomic E-state index is 11.7. The fraction of sp³-hybridized carbons (Fsp3) is 0.0714. The van der Waals surface area contributed by atoms with Gasteiger partial charge < -0.3 is 15.0 Å². The van der Waals surface area contributed by atoms with Crippen molar-refractivity contribution in [2.24, 2.45) is 0 Å². The molecule has 20 heavy (non-hydrogen) atoms. The van der Waals surface area contributed by atoms with E-state index >= 15 is 0 Å². The van der Waals surface area contributed by atoms with Crippen LogP contribution >= 0.6 is 0 Å². The number of carboxylic acid groups (broad SMARTS) is 1. The lowest BCUT2D eigenvalue weighted by atomic mass is 10.2. The molecule has 0 aliphatic carbocycles. The van der Waals surface area contributed by atoms with E-state index < -0.39 is 5.97 Å². The van der Waals surface area contributed by atoms with E-state index in [-0.39, 0.29) is 11.6 Å². The van der Waals surface area contributed by atoms with Gasteiger partial charge in [0.25, 0.3) is 5.91 Å². The third-order valence-corrected chi connectivity index (χ3v) is 2.64. The number of rotatable bonds is 5. The Hall–Kier alpha value is -2.89. The number of amides is 1. The van der Waals surface area contributed by atoms with Crippen molar-refractivity contribution in [2.45, 2.75) is 0 Å². The number of carbonyl (C=O) groups is 2. The second-order valence-electron chi connectivity index (χ2n) is 4.02. The third kappa shape index (κ3) is 2.92. The molecule has 0 saturated heterocycles. The minimum atomic E-state index is -1.08. The zero-order chi connectivity index (χ0) is 14.5. The predicted molar refractivity (Wildman–Crippen MR) is 73.1 cm³/mol. The molecule has 102 valence electrons. The lowest BCUT2D eigenvalue weighted by Gasteiger charge is -2.05. The van der Waals surface area contributed by atoms with E-state index in [9.17, 15) is 9.59 Å². The number of carbonyl (C=O) groups excluding carboxylic acids is 1. The maximum absolute atomic E-state index is 11.7. The van der Waals surface area contributed by atoms with Gasteiger partial charge in [-0.1, -0.05) is 6.08 Å². The average Bonchev–Trinajstić information content (AvgIpc) is 2.95. The van der Waals surface area contributed by atoms with Gasteiger partial charge in [-0.15, -0.1) is 6.58 Å². The Labute approximate surface area is 115 Å². The fourth-order valence-electron chi connectivity index (χ4n) is 1.63. The molecule has 0 aliphatic rings. The van der Waals surface area contributed by atoms with Crippen LogP contribution < -0.4 is 5.32 Å². The molecule has 2 aromatic rings. The molecule has 0 saturated carbocycles. The highest BCUT2D eigenvalue weighted by Crippen LogP contribution is 2.10. The molecule has 1 heterocycles. The molecule has 1 aromatic heterocycles. The number of imidazole rings is 1. The molecule has 6 nitrogen and oxygen atoms in total. The molecule has 0 unspecified atom stereocenters. The van der Waals surface area contributed by atoms with E-state index in [0.717, 1.165) is 5.69 Å². The highest BCUT2D eigenvalue weighted by Gasteiger charge is 2.08. The first-order valence-corrected chi connectivity index (χ1v) is 5.88. The van der Waals surface area contributed by atoms with Crippen LogP contribution in [-0.4, -0.2) is 33.1 Å². The van der Waals surface area contributed by atoms with Crippen LogP contribution in [0.4, 0.5) is 0 Å². The molecular formula is C14H13N3O3. The largest absolute Gasteiger partial charge is 0.476 e. The van der Waals surface area contributed by atoms with Gasteiger partial charge in [-0.25, -0.2) is 9.78 Å². The molecular weight excluding hydrogens is 258 g/mol. The molecule has 0 aliphatic heterocycles. The molecule has 0 radical (unpaired) electrons. The first-order chi connectivity index (χ1) is 9.61. The van der Waals surface area contributed by atoms with Gasteiger partial charge in [-0.05, 0) is 24.3 Å². The van der Waals surface area contributed by atoms with Crippen LogP contribution in [0, 0.1) is 0 Å². The lowest BCUT2D eigenvalue weighted by molar-refractivity contribution is 0.0690. The Bertz CT molecular complexity index is 644. The Kier molecular flexibility index (Phi) is 3.95. The van der Waals surface area contributed by atoms with E-state index in [4.69, 9.17) is 5.11 Å². The third-order valence-electron chi connectivity index (χ3n) is 2.64. The van der Waals surface area contributed by atoms with Gasteiger partial charge in [-0.3, -0.25) is 4.79 Å². The Morgan fingerprint density at radius 3 is 2.60 bits per heavy atom. The first kappa shape index (κ1) is 13.5. The summed E-state index contributed by atoms with van der Waals surface area (Å²) in [6.45, 7) is 3.93. The number of benzene rings is 1. The molecule has 2 N–H and O–H groups in total. The molecule has 6 heteroatoms. The minimum Gasteiger partial charge on any atom is -0.476 e. The summed E-state index contributed by atoms with van der Waals surface area (Å²) in [5.41, 5.74) is 1.22. The summed E-state index contributed by atoms with van der Waals surface area (Å²) in [5.74, 6) is -1.27. The normalized spacial score (nSPS) is 10.0. The quantitative estimate of drug-likeness (QED) is 0.807. The van der Waals surface area contributed by atoms with Gasteiger partial charge in [0, 0.05) is 24.0 Å². The molecule has 2 rings (SSSR count). The van der Waals surface area contributed by atoms with E-state index in [1.807, 2.05) is 0 Å². The summed E-state index contributed by atoms with van der Waals surface area (Å²) in [6.07, 6.45) is 4.43. The van der Waals surface area contributed by atoms with Crippen molar-refractivity contribution >= 4 is 11.9 Å². The van der Waals surface area contributed by atoms with Gasteiger partial charge >= 0.3 is 5.97 Å². The summed E-state index contributed by atoms with van der Waals surface area (Å²) in [6, 6.07) is 6.76. The van der Waals surface area contributed by atoms with Gasteiger partial charge in [0.1, 0.15) is 6.33 Å². The van der Waals surface area contributed by atoms with Crippen LogP contribution in [0.2, 0.25) is 0 Å². The van der Waals surface area contributed by atoms with E-state index in [2.05, 4.69) is 16.9 Å². The average molecular weight is 271 g/mol. The van der Waals surface area contributed by atoms with Gasteiger partial charge in [0.2, 0.25) is 0 Å². The Balaban J connectivity index is 2.16. The van der Waals surface area contributed by atoms with E-state index in [1.54, 1.807) is 34.9 Å². The van der Waals surface area contributed by atoms with Crippen LogP contribution in [0.15, 0.2) is 49.4 Å². The zero-order valence-electron chi connectivity index (χ0n) is 10.6. The second-order valence-corrected chi connectivity index (χ2v) is 4.02. The van der Waals surface area contributed by atoms with E-state index in [0.29, 0.717) is 12.1 Å². The van der Waals surface area contributed by atoms with Gasteiger partial charge in [0.15, 0.2) is 5.69 Å². The van der Waals surface area contributed by atoms with Crippen molar-refractivity contribution in [3.63, 3.8) is 0 Å². The molecule has 0 bridgehead atoms. The monoisotopic (exact) mass is 271 g/mol. The van der Waals surface area contributed by atoms with Crippen LogP contribution in [-0.2, 0) is 0 Å². The smallest absolute Gasteiger partial charge is 0.356 e. The number of aromatic nitrogens is 2. The summed E-state index contributed by atoms with van der Waals surface area (Å²) in [7, 11) is 0. The lowest BCUT2D eigenvalue weighted by Crippen LogP contribution is -2.23. The fourth-order valence-corrected chi connectivity index (χ4v) is 1.63. The number of carboxylic acids is 1. The zero-order valence-corrected chi connectivity index (χ0v) is 10.6. The molecule has 0 fully saturated rings. The Morgan fingerprint density at radius 1 is 1.35 bits per heavy atom. The highest BCUT2D eigenvalue weighted by atomic mass is 16.4. The van der Waals surface area contributed by atoms with Crippen molar-refractivity contribution in [3.8, 4) is 5.69 Å². The number of hydrogen-bond donors (Lipinski definition) is 2. The van der Waals surface area contributed by atoms with Crippen LogP contribution in [0.3, 0.4) is 0 Å². The topological polar surface area (TPSA) is 84.2 Å². The van der Waals surface area contributed by atoms with E-state index in [1.165, 1.54) is 12.5 Å². The van der Waals surface area contributed by atoms with Crippen LogP contribution in [0.5, 0.6) is 0 Å². The summed E-state index contributed by atoms with van der Waals surface area (Å²) < 4.78 is 1.58. The second kappa shape index (κ2) is 5.83. The van der Waals surface area contributed by atoms with Crippen LogP contribution in [0.1, 0.15) is 20.8 Å². The van der Waals surface area contributed by atoms with Crippen LogP contribution in [0.25, 0.3) is 5.69 Å². The maximum Gasteiger partial charge on any atom is 0.356 e. The summed E-state index contributed by atoms with van der Waals surface area (Å²) in [4.78, 5) is 26.2. The highest BCUT2D eigenvalue weighted by molar-refractivity contribution is 5.94. The molecule has 1 amide bonds. The molecule has 1 aromatic carbocycles. The summed E-state index contributed by atoms with van der Waals surface area (Å²) in [5, 5.41) is 11.5. The summed E-state index contributed by atoms with van der Waals surface area (Å²) >= 11 is 0. The van der Waals surface area contributed by atoms with Crippen molar-refractivity contribution in [2.75, 3.05) is 6.54 Å². The standard InChI is InChI=1S/C14H13N3O3/c1-2-7-15-13(18)10-3-5-11(6-4-10)17-8-12(14(19)20)16-9-17/h2-6,8-9H,1,7H2,(H,15,18)(H,19,20). The number of nitrogens with zero attached hydrogens (tertiary/aromatic N) is 2. The van der Waals surface area contributed by atoms with Crippen molar-refractivity contribution in [3.05, 3.63) is 60.7 Å². The molecule has 0 spiro atoms. The van der Waals surface area contributed by atoms with Crippen molar-refractivity contribution in [1.29, 1.82) is 0 Å². The predicted octanol–water partition coefficient (Wildman–Crippen LogP) is 1.49. The SMILES string of the molecule is C=CCNC(=O)c1ccc(-n2cnc(C(=O)O)c2)cc1. The van der Waals surface area contributed by atoms with Gasteiger partial charge in [-0.2, -0.15) is 0 Å². The number of hydrogen-bond acceptors (Lipinski definition) is 3. The number of nitrogens with one attached hydrogen (secondary N) is 1. The van der Waals surface area contributed by atoms with Gasteiger partial charge in [0.05, 0.1) is 0 Å². The minimum absolute atomic E-state index is 0.0298.